The molecule has 5 N–H and O–H groups in total. The van der Waals surface area contributed by atoms with E-state index in [1.807, 2.05) is 36.4 Å². The van der Waals surface area contributed by atoms with E-state index in [9.17, 15) is 9.65 Å². The van der Waals surface area contributed by atoms with E-state index in [-0.39, 0.29) is 11.1 Å². The zero-order chi connectivity index (χ0) is 29.9. The molecule has 0 amide bonds. The van der Waals surface area contributed by atoms with Crippen LogP contribution in [-0.4, -0.2) is 36.2 Å². The van der Waals surface area contributed by atoms with Crippen LogP contribution in [0.1, 0.15) is 30.0 Å². The SMILES string of the molecule is COc1cccc(C(Nc2cc(Cl)c3ncc(C#N)c(Nc4ccc(F)c(Cl)c4)c3c2)C2=CN(C3CCNCC3)NN2)c1. The van der Waals surface area contributed by atoms with Gasteiger partial charge in [-0.3, -0.25) is 9.99 Å². The first-order chi connectivity index (χ1) is 20.9. The summed E-state index contributed by atoms with van der Waals surface area (Å²) in [5.41, 5.74) is 11.0. The van der Waals surface area contributed by atoms with Gasteiger partial charge in [0.1, 0.15) is 17.6 Å². The molecule has 1 aromatic heterocycles. The Morgan fingerprint density at radius 2 is 1.91 bits per heavy atom. The van der Waals surface area contributed by atoms with Crippen molar-refractivity contribution in [2.45, 2.75) is 24.9 Å². The summed E-state index contributed by atoms with van der Waals surface area (Å²) < 4.78 is 19.4. The van der Waals surface area contributed by atoms with Crippen LogP contribution < -0.4 is 31.6 Å². The Bertz CT molecular complexity index is 1740. The Hall–Kier alpha value is -4.27. The van der Waals surface area contributed by atoms with Crippen LogP contribution in [0.15, 0.2) is 72.7 Å². The molecule has 2 aliphatic rings. The molecule has 3 aromatic carbocycles. The number of aromatic nitrogens is 1. The Morgan fingerprint density at radius 3 is 2.67 bits per heavy atom. The minimum atomic E-state index is -0.534. The Labute approximate surface area is 258 Å². The maximum absolute atomic E-state index is 13.8. The molecule has 1 fully saturated rings. The van der Waals surface area contributed by atoms with Crippen LogP contribution in [0.25, 0.3) is 10.9 Å². The molecule has 3 heterocycles. The fourth-order valence-corrected chi connectivity index (χ4v) is 5.83. The maximum atomic E-state index is 13.8. The van der Waals surface area contributed by atoms with Gasteiger partial charge in [-0.05, 0) is 74.0 Å². The molecule has 0 saturated carbocycles. The summed E-state index contributed by atoms with van der Waals surface area (Å²) in [6.07, 6.45) is 5.61. The lowest BCUT2D eigenvalue weighted by Gasteiger charge is -2.30. The fourth-order valence-electron chi connectivity index (χ4n) is 5.38. The highest BCUT2D eigenvalue weighted by molar-refractivity contribution is 6.36. The number of nitrogens with one attached hydrogen (secondary N) is 5. The zero-order valence-corrected chi connectivity index (χ0v) is 24.7. The van der Waals surface area contributed by atoms with E-state index in [2.05, 4.69) is 49.2 Å². The number of benzene rings is 3. The van der Waals surface area contributed by atoms with Gasteiger partial charge in [0.2, 0.25) is 0 Å². The van der Waals surface area contributed by atoms with Crippen LogP contribution in [0.2, 0.25) is 10.0 Å². The molecule has 12 heteroatoms. The van der Waals surface area contributed by atoms with Crippen LogP contribution >= 0.6 is 23.2 Å². The minimum Gasteiger partial charge on any atom is -0.497 e. The predicted molar refractivity (Wildman–Crippen MR) is 168 cm³/mol. The number of fused-ring (bicyclic) bond motifs is 1. The second-order valence-electron chi connectivity index (χ2n) is 10.3. The average Bonchev–Trinajstić information content (AvgIpc) is 3.52. The third-order valence-electron chi connectivity index (χ3n) is 7.59. The molecule has 1 unspecified atom stereocenters. The van der Waals surface area contributed by atoms with E-state index in [1.165, 1.54) is 18.3 Å². The van der Waals surface area contributed by atoms with E-state index < -0.39 is 5.82 Å². The Morgan fingerprint density at radius 1 is 1.09 bits per heavy atom. The van der Waals surface area contributed by atoms with Crippen LogP contribution in [0.4, 0.5) is 21.5 Å². The van der Waals surface area contributed by atoms with Crippen molar-refractivity contribution in [2.75, 3.05) is 30.8 Å². The van der Waals surface area contributed by atoms with Crippen molar-refractivity contribution in [2.24, 2.45) is 0 Å². The Balaban J connectivity index is 1.40. The molecule has 6 rings (SSSR count). The third kappa shape index (κ3) is 6.12. The lowest BCUT2D eigenvalue weighted by Crippen LogP contribution is -2.47. The van der Waals surface area contributed by atoms with Crippen LogP contribution in [-0.2, 0) is 0 Å². The number of nitriles is 1. The average molecular weight is 620 g/mol. The largest absolute Gasteiger partial charge is 0.497 e. The topological polar surface area (TPSA) is 109 Å². The quantitative estimate of drug-likeness (QED) is 0.154. The number of nitrogens with zero attached hydrogens (tertiary/aromatic N) is 3. The van der Waals surface area contributed by atoms with Crippen molar-refractivity contribution in [3.05, 3.63) is 99.7 Å². The first-order valence-electron chi connectivity index (χ1n) is 13.8. The molecule has 1 saturated heterocycles. The number of hydrazine groups is 2. The highest BCUT2D eigenvalue weighted by Gasteiger charge is 2.28. The lowest BCUT2D eigenvalue weighted by molar-refractivity contribution is 0.162. The molecular weight excluding hydrogens is 590 g/mol. The van der Waals surface area contributed by atoms with E-state index in [0.29, 0.717) is 44.6 Å². The van der Waals surface area contributed by atoms with Gasteiger partial charge >= 0.3 is 0 Å². The molecule has 1 atom stereocenters. The zero-order valence-electron chi connectivity index (χ0n) is 23.2. The van der Waals surface area contributed by atoms with Gasteiger partial charge in [0.05, 0.1) is 45.7 Å². The van der Waals surface area contributed by atoms with Crippen molar-refractivity contribution in [3.63, 3.8) is 0 Å². The number of piperidine rings is 1. The smallest absolute Gasteiger partial charge is 0.141 e. The highest BCUT2D eigenvalue weighted by atomic mass is 35.5. The van der Waals surface area contributed by atoms with Gasteiger partial charge < -0.3 is 26.1 Å². The molecule has 0 bridgehead atoms. The molecule has 2 aliphatic heterocycles. The van der Waals surface area contributed by atoms with Gasteiger partial charge in [0.15, 0.2) is 0 Å². The maximum Gasteiger partial charge on any atom is 0.141 e. The Kier molecular flexibility index (Phi) is 8.40. The molecule has 43 heavy (non-hydrogen) atoms. The molecule has 0 radical (unpaired) electrons. The monoisotopic (exact) mass is 618 g/mol. The summed E-state index contributed by atoms with van der Waals surface area (Å²) in [4.78, 5) is 4.46. The minimum absolute atomic E-state index is 0.0344. The van der Waals surface area contributed by atoms with E-state index >= 15 is 0 Å². The van der Waals surface area contributed by atoms with Crippen molar-refractivity contribution >= 4 is 51.2 Å². The molecular formula is C31H29Cl2FN8O. The van der Waals surface area contributed by atoms with E-state index in [1.54, 1.807) is 13.2 Å². The number of pyridine rings is 1. The first kappa shape index (κ1) is 28.8. The highest BCUT2D eigenvalue weighted by Crippen LogP contribution is 2.38. The molecule has 0 spiro atoms. The molecule has 9 nitrogen and oxygen atoms in total. The molecule has 220 valence electrons. The van der Waals surface area contributed by atoms with Gasteiger partial charge in [-0.25, -0.2) is 4.39 Å². The van der Waals surface area contributed by atoms with Gasteiger partial charge in [-0.2, -0.15) is 5.26 Å². The van der Waals surface area contributed by atoms with Gasteiger partial charge in [0, 0.05) is 35.2 Å². The number of ether oxygens (including phenoxy) is 1. The molecule has 0 aliphatic carbocycles. The summed E-state index contributed by atoms with van der Waals surface area (Å²) in [5, 5.41) is 23.3. The van der Waals surface area contributed by atoms with Crippen LogP contribution in [0.3, 0.4) is 0 Å². The number of anilines is 3. The molecule has 4 aromatic rings. The summed E-state index contributed by atoms with van der Waals surface area (Å²) in [6, 6.07) is 18.1. The number of rotatable bonds is 8. The third-order valence-corrected chi connectivity index (χ3v) is 8.17. The first-order valence-corrected chi connectivity index (χ1v) is 14.6. The van der Waals surface area contributed by atoms with Crippen molar-refractivity contribution in [3.8, 4) is 11.8 Å². The standard InChI is InChI=1S/C31H29Cl2FN8O/c1-43-23-4-2-3-18(11-23)30(28-17-42(41-40-28)22-7-9-36-10-8-22)39-21-12-24-29(38-20-5-6-27(34)25(32)13-20)19(15-35)16-37-31(24)26(33)14-21/h2-6,11-14,16-17,22,30,36,39-41H,7-10H2,1H3,(H,37,38). The van der Waals surface area contributed by atoms with E-state index in [0.717, 1.165) is 42.9 Å². The second kappa shape index (κ2) is 12.5. The number of halogens is 3. The fraction of sp³-hybridized carbons (Fsp3) is 0.226. The normalized spacial score (nSPS) is 15.9. The van der Waals surface area contributed by atoms with Crippen LogP contribution in [0.5, 0.6) is 5.75 Å². The van der Waals surface area contributed by atoms with Gasteiger partial charge in [-0.15, -0.1) is 5.53 Å². The predicted octanol–water partition coefficient (Wildman–Crippen LogP) is 6.38. The summed E-state index contributed by atoms with van der Waals surface area (Å²) >= 11 is 12.8. The summed E-state index contributed by atoms with van der Waals surface area (Å²) in [5.74, 6) is 0.198. The van der Waals surface area contributed by atoms with Crippen LogP contribution in [0, 0.1) is 17.1 Å². The van der Waals surface area contributed by atoms with Gasteiger partial charge in [0.25, 0.3) is 0 Å². The summed E-state index contributed by atoms with van der Waals surface area (Å²) in [6.45, 7) is 1.94. The number of hydrogen-bond acceptors (Lipinski definition) is 9. The summed E-state index contributed by atoms with van der Waals surface area (Å²) in [7, 11) is 1.64. The number of methoxy groups -OCH3 is 1. The lowest BCUT2D eigenvalue weighted by atomic mass is 10.0. The van der Waals surface area contributed by atoms with Crippen molar-refractivity contribution in [1.82, 2.24) is 26.3 Å². The second-order valence-corrected chi connectivity index (χ2v) is 11.1. The van der Waals surface area contributed by atoms with Gasteiger partial charge in [-0.1, -0.05) is 35.3 Å². The van der Waals surface area contributed by atoms with E-state index in [4.69, 9.17) is 27.9 Å². The number of hydrogen-bond donors (Lipinski definition) is 5. The van der Waals surface area contributed by atoms with Crippen molar-refractivity contribution < 1.29 is 9.13 Å². The van der Waals surface area contributed by atoms with Crippen molar-refractivity contribution in [1.29, 1.82) is 5.26 Å².